The zero-order valence-corrected chi connectivity index (χ0v) is 36.2. The maximum Gasteiger partial charge on any atom is 0.416 e. The van der Waals surface area contributed by atoms with Gasteiger partial charge in [-0.05, 0) is 84.8 Å². The number of nitrogens with zero attached hydrogens (tertiary/aromatic N) is 4. The molecular weight excluding hydrogens is 834 g/mol. The molecule has 0 aliphatic carbocycles. The lowest BCUT2D eigenvalue weighted by Crippen LogP contribution is -2.06. The summed E-state index contributed by atoms with van der Waals surface area (Å²) in [5.41, 5.74) is 12.7. The number of hydrogen-bond acceptors (Lipinski definition) is 2. The Morgan fingerprint density at radius 2 is 0.866 bits per heavy atom. The monoisotopic (exact) mass is 872 g/mol. The van der Waals surface area contributed by atoms with Gasteiger partial charge in [-0.15, -0.1) is 0 Å². The maximum atomic E-state index is 14.8. The third-order valence-corrected chi connectivity index (χ3v) is 12.8. The number of fused-ring (bicyclic) bond motifs is 6. The lowest BCUT2D eigenvalue weighted by molar-refractivity contribution is -0.137. The Kier molecular flexibility index (Phi) is 9.47. The molecule has 0 aliphatic heterocycles. The Morgan fingerprint density at radius 3 is 1.45 bits per heavy atom. The van der Waals surface area contributed by atoms with Crippen LogP contribution in [-0.4, -0.2) is 19.1 Å². The fourth-order valence-electron chi connectivity index (χ4n) is 9.74. The molecule has 0 saturated heterocycles. The van der Waals surface area contributed by atoms with Crippen LogP contribution >= 0.6 is 0 Å². The van der Waals surface area contributed by atoms with Crippen molar-refractivity contribution in [1.29, 1.82) is 0 Å². The molecule has 3 aromatic heterocycles. The van der Waals surface area contributed by atoms with Gasteiger partial charge in [-0.25, -0.2) is 9.97 Å². The predicted octanol–water partition coefficient (Wildman–Crippen LogP) is 16.3. The second-order valence-electron chi connectivity index (χ2n) is 17.0. The van der Waals surface area contributed by atoms with Crippen LogP contribution in [0.4, 0.5) is 13.2 Å². The molecule has 12 aromatic rings. The van der Waals surface area contributed by atoms with Crippen molar-refractivity contribution in [3.63, 3.8) is 0 Å². The average Bonchev–Trinajstić information content (AvgIpc) is 3.87. The zero-order valence-electron chi connectivity index (χ0n) is 36.2. The number of alkyl halides is 3. The fourth-order valence-corrected chi connectivity index (χ4v) is 9.74. The van der Waals surface area contributed by atoms with Crippen LogP contribution in [0.3, 0.4) is 0 Å². The molecule has 0 atom stereocenters. The van der Waals surface area contributed by atoms with Gasteiger partial charge in [0.15, 0.2) is 5.82 Å². The van der Waals surface area contributed by atoms with Gasteiger partial charge in [-0.2, -0.15) is 13.2 Å². The summed E-state index contributed by atoms with van der Waals surface area (Å²) in [6, 6.07) is 71.6. The van der Waals surface area contributed by atoms with Gasteiger partial charge in [0.1, 0.15) is 0 Å². The predicted molar refractivity (Wildman–Crippen MR) is 268 cm³/mol. The van der Waals surface area contributed by atoms with Crippen LogP contribution in [0.5, 0.6) is 0 Å². The maximum absolute atomic E-state index is 14.8. The summed E-state index contributed by atoms with van der Waals surface area (Å²) in [5.74, 6) is 0.449. The van der Waals surface area contributed by atoms with Crippen molar-refractivity contribution in [1.82, 2.24) is 19.1 Å². The van der Waals surface area contributed by atoms with Gasteiger partial charge in [0.2, 0.25) is 0 Å². The highest BCUT2D eigenvalue weighted by Gasteiger charge is 2.31. The zero-order chi connectivity index (χ0) is 45.2. The van der Waals surface area contributed by atoms with E-state index in [9.17, 15) is 13.2 Å². The topological polar surface area (TPSA) is 35.6 Å². The van der Waals surface area contributed by atoms with E-state index in [1.54, 1.807) is 6.07 Å². The first-order valence-electron chi connectivity index (χ1n) is 22.2. The van der Waals surface area contributed by atoms with E-state index in [-0.39, 0.29) is 0 Å². The van der Waals surface area contributed by atoms with Crippen LogP contribution in [0.25, 0.3) is 111 Å². The van der Waals surface area contributed by atoms with Gasteiger partial charge >= 0.3 is 6.18 Å². The minimum absolute atomic E-state index is 0.411. The Balaban J connectivity index is 1.24. The van der Waals surface area contributed by atoms with Crippen molar-refractivity contribution in [3.8, 4) is 67.5 Å². The second-order valence-corrected chi connectivity index (χ2v) is 17.0. The Labute approximate surface area is 384 Å². The van der Waals surface area contributed by atoms with E-state index in [1.165, 1.54) is 12.1 Å². The highest BCUT2D eigenvalue weighted by molar-refractivity contribution is 6.19. The van der Waals surface area contributed by atoms with Gasteiger partial charge in [0.25, 0.3) is 0 Å². The van der Waals surface area contributed by atoms with E-state index >= 15 is 0 Å². The number of hydrogen-bond donors (Lipinski definition) is 0. The first-order valence-corrected chi connectivity index (χ1v) is 22.2. The molecule has 4 nitrogen and oxygen atoms in total. The number of halogens is 3. The molecule has 0 amide bonds. The van der Waals surface area contributed by atoms with Crippen LogP contribution in [0, 0.1) is 6.92 Å². The Morgan fingerprint density at radius 1 is 0.373 bits per heavy atom. The third kappa shape index (κ3) is 6.95. The summed E-state index contributed by atoms with van der Waals surface area (Å²) in [6.45, 7) is 2.05. The summed E-state index contributed by atoms with van der Waals surface area (Å²) in [5, 5.41) is 4.28. The van der Waals surface area contributed by atoms with Crippen molar-refractivity contribution in [2.24, 2.45) is 0 Å². The van der Waals surface area contributed by atoms with E-state index in [1.807, 2.05) is 109 Å². The van der Waals surface area contributed by atoms with Crippen molar-refractivity contribution >= 4 is 43.6 Å². The molecule has 0 N–H and O–H groups in total. The van der Waals surface area contributed by atoms with Crippen LogP contribution in [-0.2, 0) is 6.18 Å². The first-order chi connectivity index (χ1) is 32.8. The molecule has 3 heterocycles. The SMILES string of the molecule is Cc1cccc(-c2cc(-c3nc(-c4ccccc4)cc(-c4ccccc4)n3)cc(-c3cccc(C(F)(F)F)c3)c2-n2c3ccccc3c3cc4c5ccccc5n(-c5ccccc5)c4cc32)c1. The van der Waals surface area contributed by atoms with Gasteiger partial charge < -0.3 is 9.13 Å². The van der Waals surface area contributed by atoms with Crippen molar-refractivity contribution in [2.45, 2.75) is 13.1 Å². The number of aryl methyl sites for hydroxylation is 1. The van der Waals surface area contributed by atoms with E-state index in [4.69, 9.17) is 9.97 Å². The van der Waals surface area contributed by atoms with Gasteiger partial charge in [-0.1, -0.05) is 157 Å². The number of para-hydroxylation sites is 3. The molecule has 0 aliphatic rings. The Hall–Kier alpha value is -8.55. The van der Waals surface area contributed by atoms with Crippen LogP contribution in [0.1, 0.15) is 11.1 Å². The fraction of sp³-hybridized carbons (Fsp3) is 0.0333. The van der Waals surface area contributed by atoms with E-state index in [0.29, 0.717) is 22.5 Å². The molecule has 0 unspecified atom stereocenters. The summed E-state index contributed by atoms with van der Waals surface area (Å²) in [4.78, 5) is 10.5. The second kappa shape index (κ2) is 15.9. The van der Waals surface area contributed by atoms with Crippen molar-refractivity contribution in [2.75, 3.05) is 0 Å². The molecule has 67 heavy (non-hydrogen) atoms. The minimum atomic E-state index is -4.58. The first kappa shape index (κ1) is 40.0. The van der Waals surface area contributed by atoms with Crippen LogP contribution in [0.15, 0.2) is 218 Å². The van der Waals surface area contributed by atoms with Crippen molar-refractivity contribution < 1.29 is 13.2 Å². The molecule has 0 bridgehead atoms. The highest BCUT2D eigenvalue weighted by atomic mass is 19.4. The molecule has 0 spiro atoms. The summed E-state index contributed by atoms with van der Waals surface area (Å²) >= 11 is 0. The smallest absolute Gasteiger partial charge is 0.309 e. The summed E-state index contributed by atoms with van der Waals surface area (Å²) in [7, 11) is 0. The molecule has 0 fully saturated rings. The summed E-state index contributed by atoms with van der Waals surface area (Å²) < 4.78 is 49.0. The molecule has 7 heteroatoms. The number of rotatable bonds is 7. The van der Waals surface area contributed by atoms with E-state index in [0.717, 1.165) is 100 Å². The molecule has 320 valence electrons. The van der Waals surface area contributed by atoms with Crippen LogP contribution < -0.4 is 0 Å². The third-order valence-electron chi connectivity index (χ3n) is 12.8. The Bertz CT molecular complexity index is 3790. The lowest BCUT2D eigenvalue weighted by Gasteiger charge is -2.22. The average molecular weight is 873 g/mol. The molecule has 0 saturated carbocycles. The quantitative estimate of drug-likeness (QED) is 0.160. The van der Waals surface area contributed by atoms with Crippen molar-refractivity contribution in [3.05, 3.63) is 230 Å². The number of benzene rings is 9. The number of aromatic nitrogens is 4. The van der Waals surface area contributed by atoms with Gasteiger partial charge in [-0.3, -0.25) is 0 Å². The molecule has 9 aromatic carbocycles. The molecular formula is C60H39F3N4. The minimum Gasteiger partial charge on any atom is -0.309 e. The van der Waals surface area contributed by atoms with Gasteiger partial charge in [0.05, 0.1) is 44.7 Å². The summed E-state index contributed by atoms with van der Waals surface area (Å²) in [6.07, 6.45) is -4.58. The van der Waals surface area contributed by atoms with Crippen LogP contribution in [0.2, 0.25) is 0 Å². The van der Waals surface area contributed by atoms with E-state index < -0.39 is 11.7 Å². The molecule has 12 rings (SSSR count). The van der Waals surface area contributed by atoms with Gasteiger partial charge in [0, 0.05) is 55.0 Å². The highest BCUT2D eigenvalue weighted by Crippen LogP contribution is 2.46. The normalized spacial score (nSPS) is 11.9. The largest absolute Gasteiger partial charge is 0.416 e. The lowest BCUT2D eigenvalue weighted by atomic mass is 9.91. The van der Waals surface area contributed by atoms with E-state index in [2.05, 4.69) is 101 Å². The standard InChI is InChI=1S/C60H39F3N4/c1-38-17-15-22-41(31-38)48-33-43(59-64-52(39-18-5-2-6-19-39)36-53(65-59)40-20-7-3-8-21-40)34-49(42-23-16-24-44(32-42)60(61,62)63)58(48)67-55-30-14-12-28-47(55)51-35-50-46-27-11-13-29-54(46)66(56(50)37-57(51)67)45-25-9-4-10-26-45/h2-37H,1H3. The molecule has 0 radical (unpaired) electrons.